The van der Waals surface area contributed by atoms with E-state index in [9.17, 15) is 0 Å². The van der Waals surface area contributed by atoms with Gasteiger partial charge in [-0.2, -0.15) is 0 Å². The van der Waals surface area contributed by atoms with Gasteiger partial charge < -0.3 is 0 Å². The van der Waals surface area contributed by atoms with Gasteiger partial charge in [0.05, 0.1) is 5.69 Å². The van der Waals surface area contributed by atoms with Crippen LogP contribution in [0.5, 0.6) is 0 Å². The van der Waals surface area contributed by atoms with Crippen molar-refractivity contribution in [2.24, 2.45) is 0 Å². The molecule has 13 heavy (non-hydrogen) atoms. The van der Waals surface area contributed by atoms with Crippen molar-refractivity contribution in [3.63, 3.8) is 0 Å². The predicted octanol–water partition coefficient (Wildman–Crippen LogP) is 3.24. The predicted molar refractivity (Wildman–Crippen MR) is 55.8 cm³/mol. The number of rotatable bonds is 2. The summed E-state index contributed by atoms with van der Waals surface area (Å²) in [6.07, 6.45) is 4.60. The molecule has 2 rings (SSSR count). The monoisotopic (exact) mass is 240 g/mol. The SMILES string of the molecule is CC(C)c1nc(Br)ncc1C1CC1. The lowest BCUT2D eigenvalue weighted by atomic mass is 10.0. The minimum Gasteiger partial charge on any atom is -0.230 e. The number of hydrogen-bond acceptors (Lipinski definition) is 2. The summed E-state index contributed by atoms with van der Waals surface area (Å²) in [7, 11) is 0. The highest BCUT2D eigenvalue weighted by atomic mass is 79.9. The largest absolute Gasteiger partial charge is 0.230 e. The van der Waals surface area contributed by atoms with Crippen molar-refractivity contribution >= 4 is 15.9 Å². The quantitative estimate of drug-likeness (QED) is 0.743. The van der Waals surface area contributed by atoms with E-state index in [0.717, 1.165) is 5.92 Å². The van der Waals surface area contributed by atoms with Crippen LogP contribution < -0.4 is 0 Å². The van der Waals surface area contributed by atoms with Gasteiger partial charge in [-0.25, -0.2) is 9.97 Å². The molecule has 0 radical (unpaired) electrons. The fourth-order valence-corrected chi connectivity index (χ4v) is 1.85. The number of hydrogen-bond donors (Lipinski definition) is 0. The Labute approximate surface area is 86.9 Å². The summed E-state index contributed by atoms with van der Waals surface area (Å²) in [6, 6.07) is 0. The fourth-order valence-electron chi connectivity index (χ4n) is 1.55. The van der Waals surface area contributed by atoms with Crippen molar-refractivity contribution in [3.8, 4) is 0 Å². The van der Waals surface area contributed by atoms with Crippen LogP contribution in [0, 0.1) is 0 Å². The summed E-state index contributed by atoms with van der Waals surface area (Å²) in [5, 5.41) is 0. The van der Waals surface area contributed by atoms with Crippen LogP contribution in [0.15, 0.2) is 10.9 Å². The molecule has 1 heterocycles. The van der Waals surface area contributed by atoms with E-state index in [1.165, 1.54) is 24.1 Å². The summed E-state index contributed by atoms with van der Waals surface area (Å²) >= 11 is 3.31. The topological polar surface area (TPSA) is 25.8 Å². The first-order valence-electron chi connectivity index (χ1n) is 4.71. The van der Waals surface area contributed by atoms with Gasteiger partial charge in [0.1, 0.15) is 0 Å². The third-order valence-corrected chi connectivity index (χ3v) is 2.76. The Bertz CT molecular complexity index is 319. The molecule has 0 saturated heterocycles. The van der Waals surface area contributed by atoms with Crippen molar-refractivity contribution in [3.05, 3.63) is 22.2 Å². The van der Waals surface area contributed by atoms with Crippen molar-refractivity contribution in [1.29, 1.82) is 0 Å². The first kappa shape index (κ1) is 9.13. The second kappa shape index (κ2) is 3.37. The molecule has 1 saturated carbocycles. The van der Waals surface area contributed by atoms with Gasteiger partial charge in [-0.05, 0) is 46.2 Å². The van der Waals surface area contributed by atoms with Crippen LogP contribution >= 0.6 is 15.9 Å². The van der Waals surface area contributed by atoms with E-state index in [-0.39, 0.29) is 0 Å². The van der Waals surface area contributed by atoms with Crippen molar-refractivity contribution in [2.75, 3.05) is 0 Å². The Morgan fingerprint density at radius 3 is 2.69 bits per heavy atom. The zero-order valence-electron chi connectivity index (χ0n) is 7.92. The molecule has 3 heteroatoms. The average molecular weight is 241 g/mol. The molecule has 2 nitrogen and oxygen atoms in total. The van der Waals surface area contributed by atoms with Crippen molar-refractivity contribution < 1.29 is 0 Å². The van der Waals surface area contributed by atoms with Gasteiger partial charge in [0.25, 0.3) is 0 Å². The molecule has 1 aliphatic rings. The van der Waals surface area contributed by atoms with E-state index in [1.54, 1.807) is 0 Å². The van der Waals surface area contributed by atoms with Gasteiger partial charge in [-0.1, -0.05) is 13.8 Å². The Hall–Kier alpha value is -0.440. The zero-order chi connectivity index (χ0) is 9.42. The Morgan fingerprint density at radius 2 is 2.15 bits per heavy atom. The molecule has 0 aliphatic heterocycles. The van der Waals surface area contributed by atoms with E-state index >= 15 is 0 Å². The molecule has 1 fully saturated rings. The second-order valence-corrected chi connectivity index (χ2v) is 4.62. The van der Waals surface area contributed by atoms with E-state index < -0.39 is 0 Å². The van der Waals surface area contributed by atoms with Crippen LogP contribution in [0.3, 0.4) is 0 Å². The molecule has 0 aromatic carbocycles. The Morgan fingerprint density at radius 1 is 1.46 bits per heavy atom. The molecular weight excluding hydrogens is 228 g/mol. The number of nitrogens with zero attached hydrogens (tertiary/aromatic N) is 2. The van der Waals surface area contributed by atoms with E-state index in [2.05, 4.69) is 39.7 Å². The van der Waals surface area contributed by atoms with Crippen LogP contribution in [0.1, 0.15) is 49.8 Å². The summed E-state index contributed by atoms with van der Waals surface area (Å²) in [5.41, 5.74) is 2.57. The van der Waals surface area contributed by atoms with Crippen LogP contribution in [0.4, 0.5) is 0 Å². The molecule has 0 amide bonds. The Kier molecular flexibility index (Phi) is 2.37. The molecule has 70 valence electrons. The summed E-state index contributed by atoms with van der Waals surface area (Å²) in [4.78, 5) is 8.63. The zero-order valence-corrected chi connectivity index (χ0v) is 9.50. The molecule has 0 bridgehead atoms. The van der Waals surface area contributed by atoms with Crippen molar-refractivity contribution in [1.82, 2.24) is 9.97 Å². The molecule has 1 aromatic rings. The standard InChI is InChI=1S/C10H13BrN2/c1-6(2)9-8(7-3-4-7)5-12-10(11)13-9/h5-7H,3-4H2,1-2H3. The lowest BCUT2D eigenvalue weighted by molar-refractivity contribution is 0.778. The second-order valence-electron chi connectivity index (χ2n) is 3.91. The van der Waals surface area contributed by atoms with Gasteiger partial charge in [0, 0.05) is 6.20 Å². The van der Waals surface area contributed by atoms with Crippen molar-refractivity contribution in [2.45, 2.75) is 38.5 Å². The van der Waals surface area contributed by atoms with Gasteiger partial charge in [0.15, 0.2) is 4.73 Å². The van der Waals surface area contributed by atoms with Gasteiger partial charge >= 0.3 is 0 Å². The Balaban J connectivity index is 2.41. The van der Waals surface area contributed by atoms with Gasteiger partial charge in [0.2, 0.25) is 0 Å². The van der Waals surface area contributed by atoms with Gasteiger partial charge in [-0.3, -0.25) is 0 Å². The molecule has 0 N–H and O–H groups in total. The maximum atomic E-state index is 4.44. The normalized spacial score (nSPS) is 16.6. The lowest BCUT2D eigenvalue weighted by Crippen LogP contribution is -2.01. The molecule has 0 spiro atoms. The number of aromatic nitrogens is 2. The minimum absolute atomic E-state index is 0.495. The highest BCUT2D eigenvalue weighted by Gasteiger charge is 2.27. The molecule has 1 aliphatic carbocycles. The van der Waals surface area contributed by atoms with E-state index in [4.69, 9.17) is 0 Å². The molecular formula is C10H13BrN2. The van der Waals surface area contributed by atoms with E-state index in [0.29, 0.717) is 10.7 Å². The van der Waals surface area contributed by atoms with Gasteiger partial charge in [-0.15, -0.1) is 0 Å². The highest BCUT2D eigenvalue weighted by Crippen LogP contribution is 2.42. The van der Waals surface area contributed by atoms with Crippen LogP contribution in [0.25, 0.3) is 0 Å². The summed E-state index contributed by atoms with van der Waals surface area (Å²) < 4.78 is 0.709. The van der Waals surface area contributed by atoms with Crippen LogP contribution in [-0.4, -0.2) is 9.97 Å². The third-order valence-electron chi connectivity index (χ3n) is 2.38. The third kappa shape index (κ3) is 1.90. The van der Waals surface area contributed by atoms with Crippen LogP contribution in [-0.2, 0) is 0 Å². The molecule has 1 aromatic heterocycles. The number of halogens is 1. The highest BCUT2D eigenvalue weighted by molar-refractivity contribution is 9.10. The first-order chi connectivity index (χ1) is 6.18. The summed E-state index contributed by atoms with van der Waals surface area (Å²) in [6.45, 7) is 4.36. The fraction of sp³-hybridized carbons (Fsp3) is 0.600. The lowest BCUT2D eigenvalue weighted by Gasteiger charge is -2.10. The average Bonchev–Trinajstić information content (AvgIpc) is 2.87. The van der Waals surface area contributed by atoms with Crippen LogP contribution in [0.2, 0.25) is 0 Å². The minimum atomic E-state index is 0.495. The smallest absolute Gasteiger partial charge is 0.196 e. The molecule has 0 atom stereocenters. The summed E-state index contributed by atoms with van der Waals surface area (Å²) in [5.74, 6) is 1.24. The first-order valence-corrected chi connectivity index (χ1v) is 5.50. The van der Waals surface area contributed by atoms with E-state index in [1.807, 2.05) is 6.20 Å². The molecule has 0 unspecified atom stereocenters. The maximum Gasteiger partial charge on any atom is 0.196 e. The maximum absolute atomic E-state index is 4.44.